The molecule has 1 aromatic rings. The van der Waals surface area contributed by atoms with Crippen LogP contribution in [-0.4, -0.2) is 23.5 Å². The lowest BCUT2D eigenvalue weighted by Crippen LogP contribution is -2.37. The van der Waals surface area contributed by atoms with E-state index in [1.807, 2.05) is 6.92 Å². The van der Waals surface area contributed by atoms with Gasteiger partial charge in [-0.05, 0) is 37.8 Å². The minimum absolute atomic E-state index is 0.0358. The normalized spacial score (nSPS) is 15.5. The molecule has 20 heavy (non-hydrogen) atoms. The van der Waals surface area contributed by atoms with Crippen molar-refractivity contribution in [2.24, 2.45) is 5.92 Å². The maximum Gasteiger partial charge on any atom is 0.312 e. The molecule has 1 N–H and O–H groups in total. The minimum atomic E-state index is -0.591. The van der Waals surface area contributed by atoms with Crippen LogP contribution < -0.4 is 10.1 Å². The lowest BCUT2D eigenvalue weighted by Gasteiger charge is -2.13. The monoisotopic (exact) mass is 298 g/mol. The summed E-state index contributed by atoms with van der Waals surface area (Å²) < 4.78 is 5.20. The van der Waals surface area contributed by atoms with Crippen molar-refractivity contribution in [2.45, 2.75) is 25.8 Å². The Morgan fingerprint density at radius 3 is 2.90 bits per heavy atom. The maximum atomic E-state index is 11.7. The van der Waals surface area contributed by atoms with Gasteiger partial charge in [0.2, 0.25) is 0 Å². The van der Waals surface area contributed by atoms with Crippen molar-refractivity contribution in [3.05, 3.63) is 33.3 Å². The first-order valence-electron chi connectivity index (χ1n) is 6.33. The molecule has 7 heteroatoms. The average Bonchev–Trinajstić information content (AvgIpc) is 3.21. The third-order valence-corrected chi connectivity index (χ3v) is 3.43. The van der Waals surface area contributed by atoms with E-state index in [1.54, 1.807) is 0 Å². The number of rotatable bonds is 6. The molecule has 1 unspecified atom stereocenters. The molecule has 0 spiro atoms. The highest BCUT2D eigenvalue weighted by molar-refractivity contribution is 6.30. The molecule has 0 bridgehead atoms. The standard InChI is InChI=1S/C13H15ClN2O4/c1-8(9-2-3-9)15-13(17)7-20-12-5-4-10(14)6-11(12)16(18)19/h4-6,8-9H,2-3,7H2,1H3,(H,15,17). The average molecular weight is 299 g/mol. The topological polar surface area (TPSA) is 81.5 Å². The highest BCUT2D eigenvalue weighted by atomic mass is 35.5. The number of halogens is 1. The summed E-state index contributed by atoms with van der Waals surface area (Å²) >= 11 is 5.69. The summed E-state index contributed by atoms with van der Waals surface area (Å²) in [4.78, 5) is 21.9. The molecule has 0 radical (unpaired) electrons. The van der Waals surface area contributed by atoms with Gasteiger partial charge in [0.05, 0.1) is 4.92 Å². The quantitative estimate of drug-likeness (QED) is 0.646. The SMILES string of the molecule is CC(NC(=O)COc1ccc(Cl)cc1[N+](=O)[O-])C1CC1. The largest absolute Gasteiger partial charge is 0.477 e. The van der Waals surface area contributed by atoms with Crippen molar-refractivity contribution in [3.8, 4) is 5.75 Å². The van der Waals surface area contributed by atoms with E-state index in [0.717, 1.165) is 12.8 Å². The molecule has 1 aliphatic carbocycles. The minimum Gasteiger partial charge on any atom is -0.477 e. The Hall–Kier alpha value is -1.82. The van der Waals surface area contributed by atoms with E-state index in [4.69, 9.17) is 16.3 Å². The predicted octanol–water partition coefficient (Wildman–Crippen LogP) is 2.54. The smallest absolute Gasteiger partial charge is 0.312 e. The molecule has 1 amide bonds. The Kier molecular flexibility index (Phi) is 4.44. The number of benzene rings is 1. The molecule has 1 atom stereocenters. The van der Waals surface area contributed by atoms with Gasteiger partial charge in [-0.2, -0.15) is 0 Å². The predicted molar refractivity (Wildman–Crippen MR) is 73.9 cm³/mol. The fraction of sp³-hybridized carbons (Fsp3) is 0.462. The number of amides is 1. The van der Waals surface area contributed by atoms with Crippen molar-refractivity contribution in [3.63, 3.8) is 0 Å². The highest BCUT2D eigenvalue weighted by Gasteiger charge is 2.29. The molecule has 0 saturated heterocycles. The number of hydrogen-bond donors (Lipinski definition) is 1. The van der Waals surface area contributed by atoms with Gasteiger partial charge in [-0.25, -0.2) is 0 Å². The second-order valence-corrected chi connectivity index (χ2v) is 5.29. The number of carbonyl (C=O) groups excluding carboxylic acids is 1. The van der Waals surface area contributed by atoms with Crippen LogP contribution in [0.2, 0.25) is 5.02 Å². The van der Waals surface area contributed by atoms with E-state index in [2.05, 4.69) is 5.32 Å². The number of nitrogens with zero attached hydrogens (tertiary/aromatic N) is 1. The van der Waals surface area contributed by atoms with Gasteiger partial charge >= 0.3 is 5.69 Å². The first-order valence-corrected chi connectivity index (χ1v) is 6.71. The van der Waals surface area contributed by atoms with E-state index in [-0.39, 0.29) is 35.0 Å². The molecule has 1 aromatic carbocycles. The number of nitro benzene ring substituents is 1. The van der Waals surface area contributed by atoms with Crippen LogP contribution in [0.25, 0.3) is 0 Å². The van der Waals surface area contributed by atoms with Crippen LogP contribution in [-0.2, 0) is 4.79 Å². The Balaban J connectivity index is 1.92. The molecule has 108 valence electrons. The Labute approximate surface area is 121 Å². The van der Waals surface area contributed by atoms with Gasteiger partial charge in [-0.15, -0.1) is 0 Å². The first kappa shape index (κ1) is 14.6. The van der Waals surface area contributed by atoms with E-state index in [1.165, 1.54) is 18.2 Å². The van der Waals surface area contributed by atoms with Crippen LogP contribution >= 0.6 is 11.6 Å². The summed E-state index contributed by atoms with van der Waals surface area (Å²) in [5, 5.41) is 13.9. The summed E-state index contributed by atoms with van der Waals surface area (Å²) in [5.41, 5.74) is -0.249. The molecule has 1 fully saturated rings. The Morgan fingerprint density at radius 2 is 2.30 bits per heavy atom. The van der Waals surface area contributed by atoms with Crippen LogP contribution in [0.5, 0.6) is 5.75 Å². The lowest BCUT2D eigenvalue weighted by atomic mass is 10.2. The van der Waals surface area contributed by atoms with Gasteiger partial charge in [0.15, 0.2) is 12.4 Å². The molecule has 0 aliphatic heterocycles. The summed E-state index contributed by atoms with van der Waals surface area (Å²) in [6, 6.07) is 4.18. The molecule has 2 rings (SSSR count). The van der Waals surface area contributed by atoms with Crippen molar-refractivity contribution in [1.29, 1.82) is 0 Å². The second-order valence-electron chi connectivity index (χ2n) is 4.85. The van der Waals surface area contributed by atoms with Crippen molar-refractivity contribution in [2.75, 3.05) is 6.61 Å². The van der Waals surface area contributed by atoms with Gasteiger partial charge in [0.1, 0.15) is 0 Å². The number of nitro groups is 1. The van der Waals surface area contributed by atoms with E-state index in [9.17, 15) is 14.9 Å². The Bertz CT molecular complexity index is 531. The zero-order valence-electron chi connectivity index (χ0n) is 11.0. The maximum absolute atomic E-state index is 11.7. The van der Waals surface area contributed by atoms with Crippen molar-refractivity contribution in [1.82, 2.24) is 5.32 Å². The van der Waals surface area contributed by atoms with Gasteiger partial charge in [-0.3, -0.25) is 14.9 Å². The van der Waals surface area contributed by atoms with Crippen LogP contribution in [0.3, 0.4) is 0 Å². The zero-order valence-corrected chi connectivity index (χ0v) is 11.7. The molecule has 6 nitrogen and oxygen atoms in total. The molecule has 0 aromatic heterocycles. The highest BCUT2D eigenvalue weighted by Crippen LogP contribution is 2.32. The van der Waals surface area contributed by atoms with Crippen LogP contribution in [0.15, 0.2) is 18.2 Å². The molecular formula is C13H15ClN2O4. The molecular weight excluding hydrogens is 284 g/mol. The first-order chi connectivity index (χ1) is 9.47. The summed E-state index contributed by atoms with van der Waals surface area (Å²) in [5.74, 6) is 0.297. The van der Waals surface area contributed by atoms with Gasteiger partial charge in [-0.1, -0.05) is 11.6 Å². The van der Waals surface area contributed by atoms with Crippen molar-refractivity contribution < 1.29 is 14.5 Å². The van der Waals surface area contributed by atoms with E-state index >= 15 is 0 Å². The van der Waals surface area contributed by atoms with E-state index in [0.29, 0.717) is 5.92 Å². The third kappa shape index (κ3) is 3.84. The molecule has 1 saturated carbocycles. The number of carbonyl (C=O) groups is 1. The van der Waals surface area contributed by atoms with Crippen LogP contribution in [0, 0.1) is 16.0 Å². The number of nitrogens with one attached hydrogen (secondary N) is 1. The second kappa shape index (κ2) is 6.09. The van der Waals surface area contributed by atoms with Crippen LogP contribution in [0.4, 0.5) is 5.69 Å². The fourth-order valence-corrected chi connectivity index (χ4v) is 2.07. The van der Waals surface area contributed by atoms with Crippen LogP contribution in [0.1, 0.15) is 19.8 Å². The number of hydrogen-bond acceptors (Lipinski definition) is 4. The third-order valence-electron chi connectivity index (χ3n) is 3.19. The summed E-state index contributed by atoms with van der Waals surface area (Å²) in [6.45, 7) is 1.69. The summed E-state index contributed by atoms with van der Waals surface area (Å²) in [6.07, 6.45) is 2.26. The van der Waals surface area contributed by atoms with Gasteiger partial charge in [0, 0.05) is 17.1 Å². The van der Waals surface area contributed by atoms with E-state index < -0.39 is 4.92 Å². The summed E-state index contributed by atoms with van der Waals surface area (Å²) in [7, 11) is 0. The van der Waals surface area contributed by atoms with Crippen molar-refractivity contribution >= 4 is 23.2 Å². The number of ether oxygens (including phenoxy) is 1. The molecule has 1 aliphatic rings. The molecule has 0 heterocycles. The Morgan fingerprint density at radius 1 is 1.60 bits per heavy atom. The fourth-order valence-electron chi connectivity index (χ4n) is 1.91. The van der Waals surface area contributed by atoms with Gasteiger partial charge in [0.25, 0.3) is 5.91 Å². The zero-order chi connectivity index (χ0) is 14.7. The lowest BCUT2D eigenvalue weighted by molar-refractivity contribution is -0.385. The van der Waals surface area contributed by atoms with Gasteiger partial charge < -0.3 is 10.1 Å².